The van der Waals surface area contributed by atoms with Crippen molar-refractivity contribution in [2.75, 3.05) is 24.4 Å². The molecule has 2 aromatic carbocycles. The molecule has 0 radical (unpaired) electrons. The van der Waals surface area contributed by atoms with Gasteiger partial charge in [-0.1, -0.05) is 26.5 Å². The molecule has 0 aliphatic carbocycles. The first kappa shape index (κ1) is 20.0. The number of rotatable bonds is 8. The molecule has 0 fully saturated rings. The zero-order chi connectivity index (χ0) is 19.8. The highest BCUT2D eigenvalue weighted by molar-refractivity contribution is 6.04. The molecule has 0 saturated heterocycles. The molecule has 0 spiro atoms. The minimum absolute atomic E-state index is 0.0577. The lowest BCUT2D eigenvalue weighted by Crippen LogP contribution is -2.17. The van der Waals surface area contributed by atoms with Gasteiger partial charge in [-0.15, -0.1) is 0 Å². The number of carbonyl (C=O) groups excluding carboxylic acids is 2. The van der Waals surface area contributed by atoms with Crippen LogP contribution in [0.5, 0.6) is 11.5 Å². The van der Waals surface area contributed by atoms with Gasteiger partial charge in [0.05, 0.1) is 7.11 Å². The Morgan fingerprint density at radius 1 is 1.04 bits per heavy atom. The topological polar surface area (TPSA) is 76.7 Å². The normalized spacial score (nSPS) is 10.2. The van der Waals surface area contributed by atoms with Crippen molar-refractivity contribution in [1.82, 2.24) is 0 Å². The Morgan fingerprint density at radius 2 is 1.67 bits per heavy atom. The van der Waals surface area contributed by atoms with Crippen LogP contribution in [-0.4, -0.2) is 25.5 Å². The standard InChI is InChI=1S/C21H24N2O4/c1-5-12-27-18-11-6-15(13-19(18)26-4)21(25)23-17-9-7-16(8-10-17)22-20(24)14(2)3/h5-11,13-14H,1,12H2,2-4H3,(H,22,24)(H,23,25). The van der Waals surface area contributed by atoms with Gasteiger partial charge in [0.15, 0.2) is 11.5 Å². The van der Waals surface area contributed by atoms with Gasteiger partial charge >= 0.3 is 0 Å². The van der Waals surface area contributed by atoms with Crippen LogP contribution in [-0.2, 0) is 4.79 Å². The highest BCUT2D eigenvalue weighted by atomic mass is 16.5. The molecule has 0 aromatic heterocycles. The second-order valence-corrected chi connectivity index (χ2v) is 6.14. The summed E-state index contributed by atoms with van der Waals surface area (Å²) in [6.07, 6.45) is 1.63. The van der Waals surface area contributed by atoms with Crippen molar-refractivity contribution in [3.63, 3.8) is 0 Å². The van der Waals surface area contributed by atoms with Crippen molar-refractivity contribution in [2.45, 2.75) is 13.8 Å². The molecule has 0 saturated carbocycles. The van der Waals surface area contributed by atoms with E-state index in [1.165, 1.54) is 7.11 Å². The molecular formula is C21H24N2O4. The summed E-state index contributed by atoms with van der Waals surface area (Å²) in [5, 5.41) is 5.61. The lowest BCUT2D eigenvalue weighted by Gasteiger charge is -2.12. The van der Waals surface area contributed by atoms with E-state index >= 15 is 0 Å². The predicted molar refractivity (Wildman–Crippen MR) is 107 cm³/mol. The molecule has 2 N–H and O–H groups in total. The quantitative estimate of drug-likeness (QED) is 0.688. The van der Waals surface area contributed by atoms with Gasteiger partial charge in [0.25, 0.3) is 5.91 Å². The van der Waals surface area contributed by atoms with Crippen LogP contribution in [0.25, 0.3) is 0 Å². The maximum Gasteiger partial charge on any atom is 0.255 e. The second-order valence-electron chi connectivity index (χ2n) is 6.14. The first-order valence-electron chi connectivity index (χ1n) is 8.58. The number of amides is 2. The second kappa shape index (κ2) is 9.43. The summed E-state index contributed by atoms with van der Waals surface area (Å²) >= 11 is 0. The van der Waals surface area contributed by atoms with E-state index in [1.54, 1.807) is 48.5 Å². The fraction of sp³-hybridized carbons (Fsp3) is 0.238. The van der Waals surface area contributed by atoms with Crippen LogP contribution in [0.4, 0.5) is 11.4 Å². The zero-order valence-corrected chi connectivity index (χ0v) is 15.7. The Hall–Kier alpha value is -3.28. The van der Waals surface area contributed by atoms with Gasteiger partial charge in [0, 0.05) is 22.9 Å². The summed E-state index contributed by atoms with van der Waals surface area (Å²) in [7, 11) is 1.52. The Labute approximate surface area is 159 Å². The van der Waals surface area contributed by atoms with E-state index in [1.807, 2.05) is 13.8 Å². The van der Waals surface area contributed by atoms with Crippen molar-refractivity contribution in [3.8, 4) is 11.5 Å². The van der Waals surface area contributed by atoms with Gasteiger partial charge in [-0.3, -0.25) is 9.59 Å². The number of anilines is 2. The number of carbonyl (C=O) groups is 2. The minimum atomic E-state index is -0.275. The van der Waals surface area contributed by atoms with Crippen LogP contribution in [0.1, 0.15) is 24.2 Å². The fourth-order valence-corrected chi connectivity index (χ4v) is 2.20. The number of nitrogens with one attached hydrogen (secondary N) is 2. The molecule has 2 aromatic rings. The van der Waals surface area contributed by atoms with E-state index in [2.05, 4.69) is 17.2 Å². The number of hydrogen-bond donors (Lipinski definition) is 2. The zero-order valence-electron chi connectivity index (χ0n) is 15.7. The van der Waals surface area contributed by atoms with Crippen LogP contribution in [0.2, 0.25) is 0 Å². The summed E-state index contributed by atoms with van der Waals surface area (Å²) in [6, 6.07) is 11.9. The molecule has 27 heavy (non-hydrogen) atoms. The van der Waals surface area contributed by atoms with Crippen LogP contribution >= 0.6 is 0 Å². The summed E-state index contributed by atoms with van der Waals surface area (Å²) in [6.45, 7) is 7.60. The molecule has 0 bridgehead atoms. The molecule has 0 unspecified atom stereocenters. The third-order valence-corrected chi connectivity index (χ3v) is 3.72. The molecule has 0 aliphatic rings. The van der Waals surface area contributed by atoms with Crippen molar-refractivity contribution in [2.24, 2.45) is 5.92 Å². The van der Waals surface area contributed by atoms with E-state index in [9.17, 15) is 9.59 Å². The van der Waals surface area contributed by atoms with Crippen LogP contribution in [0.15, 0.2) is 55.1 Å². The molecule has 142 valence electrons. The molecule has 2 amide bonds. The highest BCUT2D eigenvalue weighted by Crippen LogP contribution is 2.28. The molecule has 0 heterocycles. The molecule has 6 heteroatoms. The van der Waals surface area contributed by atoms with Gasteiger partial charge in [-0.25, -0.2) is 0 Å². The largest absolute Gasteiger partial charge is 0.493 e. The monoisotopic (exact) mass is 368 g/mol. The first-order chi connectivity index (χ1) is 12.9. The number of benzene rings is 2. The minimum Gasteiger partial charge on any atom is -0.493 e. The van der Waals surface area contributed by atoms with Gasteiger partial charge in [-0.05, 0) is 42.5 Å². The Bertz CT molecular complexity index is 813. The van der Waals surface area contributed by atoms with Gasteiger partial charge in [0.1, 0.15) is 6.61 Å². The lowest BCUT2D eigenvalue weighted by atomic mass is 10.1. The molecular weight excluding hydrogens is 344 g/mol. The van der Waals surface area contributed by atoms with Crippen LogP contribution in [0.3, 0.4) is 0 Å². The summed E-state index contributed by atoms with van der Waals surface area (Å²) < 4.78 is 10.8. The van der Waals surface area contributed by atoms with Crippen molar-refractivity contribution in [1.29, 1.82) is 0 Å². The van der Waals surface area contributed by atoms with E-state index < -0.39 is 0 Å². The maximum absolute atomic E-state index is 12.5. The Morgan fingerprint density at radius 3 is 2.22 bits per heavy atom. The van der Waals surface area contributed by atoms with Crippen molar-refractivity contribution in [3.05, 3.63) is 60.7 Å². The van der Waals surface area contributed by atoms with Crippen molar-refractivity contribution < 1.29 is 19.1 Å². The van der Waals surface area contributed by atoms with Gasteiger partial charge < -0.3 is 20.1 Å². The number of hydrogen-bond acceptors (Lipinski definition) is 4. The number of methoxy groups -OCH3 is 1. The van der Waals surface area contributed by atoms with E-state index in [-0.39, 0.29) is 17.7 Å². The number of ether oxygens (including phenoxy) is 2. The van der Waals surface area contributed by atoms with Crippen molar-refractivity contribution >= 4 is 23.2 Å². The highest BCUT2D eigenvalue weighted by Gasteiger charge is 2.12. The first-order valence-corrected chi connectivity index (χ1v) is 8.58. The summed E-state index contributed by atoms with van der Waals surface area (Å²) in [5.41, 5.74) is 1.74. The third kappa shape index (κ3) is 5.60. The average Bonchev–Trinajstić information content (AvgIpc) is 2.67. The van der Waals surface area contributed by atoms with E-state index in [4.69, 9.17) is 9.47 Å². The lowest BCUT2D eigenvalue weighted by molar-refractivity contribution is -0.118. The van der Waals surface area contributed by atoms with Crippen LogP contribution in [0, 0.1) is 5.92 Å². The SMILES string of the molecule is C=CCOc1ccc(C(=O)Nc2ccc(NC(=O)C(C)C)cc2)cc1OC. The summed E-state index contributed by atoms with van der Waals surface area (Å²) in [4.78, 5) is 24.2. The molecule has 6 nitrogen and oxygen atoms in total. The van der Waals surface area contributed by atoms with E-state index in [0.717, 1.165) is 0 Å². The smallest absolute Gasteiger partial charge is 0.255 e. The molecule has 2 rings (SSSR count). The van der Waals surface area contributed by atoms with Crippen LogP contribution < -0.4 is 20.1 Å². The van der Waals surface area contributed by atoms with E-state index in [0.29, 0.717) is 35.0 Å². The molecule has 0 atom stereocenters. The summed E-state index contributed by atoms with van der Waals surface area (Å²) in [5.74, 6) is 0.577. The van der Waals surface area contributed by atoms with Gasteiger partial charge in [0.2, 0.25) is 5.91 Å². The fourth-order valence-electron chi connectivity index (χ4n) is 2.20. The average molecular weight is 368 g/mol. The maximum atomic E-state index is 12.5. The predicted octanol–water partition coefficient (Wildman–Crippen LogP) is 4.11. The van der Waals surface area contributed by atoms with Gasteiger partial charge in [-0.2, -0.15) is 0 Å². The third-order valence-electron chi connectivity index (χ3n) is 3.72. The Balaban J connectivity index is 2.06. The molecule has 0 aliphatic heterocycles. The Kier molecular flexibility index (Phi) is 7.00.